The van der Waals surface area contributed by atoms with Gasteiger partial charge < -0.3 is 10.0 Å². The average molecular weight is 213 g/mol. The molecule has 1 rings (SSSR count). The van der Waals surface area contributed by atoms with Crippen molar-refractivity contribution in [3.8, 4) is 0 Å². The molecule has 66 valence electrons. The summed E-state index contributed by atoms with van der Waals surface area (Å²) < 4.78 is 0. The lowest BCUT2D eigenvalue weighted by molar-refractivity contribution is 0.426. The molecule has 3 nitrogen and oxygen atoms in total. The Morgan fingerprint density at radius 2 is 2.15 bits per heavy atom. The molecule has 6 heteroatoms. The van der Waals surface area contributed by atoms with Crippen LogP contribution in [0.25, 0.3) is 0 Å². The molecule has 0 aromatic heterocycles. The molecule has 2 N–H and O–H groups in total. The second kappa shape index (κ2) is 4.51. The molecule has 0 saturated heterocycles. The Morgan fingerprint density at radius 3 is 2.69 bits per heavy atom. The molecular formula is C7H5BClNO2S. The van der Waals surface area contributed by atoms with E-state index in [4.69, 9.17) is 21.6 Å². The maximum atomic E-state index is 8.88. The Kier molecular flexibility index (Phi) is 3.60. The quantitative estimate of drug-likeness (QED) is 0.433. The summed E-state index contributed by atoms with van der Waals surface area (Å²) in [6.45, 7) is 0. The van der Waals surface area contributed by atoms with E-state index >= 15 is 0 Å². The second-order valence-corrected chi connectivity index (χ2v) is 2.82. The highest BCUT2D eigenvalue weighted by molar-refractivity contribution is 7.78. The van der Waals surface area contributed by atoms with Gasteiger partial charge in [-0.2, -0.15) is 4.99 Å². The van der Waals surface area contributed by atoms with Gasteiger partial charge in [0, 0.05) is 5.46 Å². The molecule has 1 aromatic carbocycles. The van der Waals surface area contributed by atoms with Crippen LogP contribution in [0.2, 0.25) is 5.02 Å². The van der Waals surface area contributed by atoms with E-state index in [9.17, 15) is 0 Å². The van der Waals surface area contributed by atoms with E-state index in [2.05, 4.69) is 22.4 Å². The Labute approximate surface area is 85.8 Å². The minimum atomic E-state index is -1.60. The van der Waals surface area contributed by atoms with Gasteiger partial charge in [0.05, 0.1) is 15.9 Å². The van der Waals surface area contributed by atoms with Gasteiger partial charge in [-0.1, -0.05) is 23.7 Å². The molecule has 13 heavy (non-hydrogen) atoms. The number of halogens is 1. The summed E-state index contributed by atoms with van der Waals surface area (Å²) in [5.41, 5.74) is 0.579. The zero-order valence-corrected chi connectivity index (χ0v) is 8.01. The van der Waals surface area contributed by atoms with E-state index < -0.39 is 7.12 Å². The molecule has 0 fully saturated rings. The van der Waals surface area contributed by atoms with Crippen LogP contribution in [0.15, 0.2) is 23.2 Å². The molecule has 0 aliphatic rings. The zero-order chi connectivity index (χ0) is 9.84. The van der Waals surface area contributed by atoms with E-state index in [1.807, 2.05) is 0 Å². The fourth-order valence-electron chi connectivity index (χ4n) is 0.872. The molecule has 0 heterocycles. The number of rotatable bonds is 2. The molecular weight excluding hydrogens is 208 g/mol. The summed E-state index contributed by atoms with van der Waals surface area (Å²) in [6.07, 6.45) is 0. The van der Waals surface area contributed by atoms with Crippen molar-refractivity contribution in [2.24, 2.45) is 4.99 Å². The summed E-state index contributed by atoms with van der Waals surface area (Å²) >= 11 is 10.2. The third-order valence-corrected chi connectivity index (χ3v) is 1.96. The van der Waals surface area contributed by atoms with Gasteiger partial charge >= 0.3 is 7.12 Å². The largest absolute Gasteiger partial charge is 0.490 e. The first kappa shape index (κ1) is 10.4. The van der Waals surface area contributed by atoms with Crippen LogP contribution in [0.5, 0.6) is 0 Å². The summed E-state index contributed by atoms with van der Waals surface area (Å²) in [4.78, 5) is 3.66. The predicted octanol–water partition coefficient (Wildman–Crippen LogP) is 0.754. The highest BCUT2D eigenvalue weighted by Gasteiger charge is 2.16. The minimum Gasteiger partial charge on any atom is -0.423 e. The fourth-order valence-corrected chi connectivity index (χ4v) is 1.24. The summed E-state index contributed by atoms with van der Waals surface area (Å²) in [5, 5.41) is 20.1. The number of isothiocyanates is 1. The summed E-state index contributed by atoms with van der Waals surface area (Å²) in [6, 6.07) is 4.70. The van der Waals surface area contributed by atoms with Crippen LogP contribution in [0, 0.1) is 0 Å². The smallest absolute Gasteiger partial charge is 0.423 e. The number of hydrogen-bond donors (Lipinski definition) is 2. The number of aliphatic imine (C=N–C) groups is 1. The Morgan fingerprint density at radius 1 is 1.46 bits per heavy atom. The van der Waals surface area contributed by atoms with E-state index in [0.717, 1.165) is 0 Å². The maximum Gasteiger partial charge on any atom is 0.490 e. The van der Waals surface area contributed by atoms with Crippen molar-refractivity contribution in [2.75, 3.05) is 0 Å². The van der Waals surface area contributed by atoms with E-state index in [0.29, 0.717) is 5.69 Å². The molecule has 0 saturated carbocycles. The molecule has 0 aliphatic heterocycles. The van der Waals surface area contributed by atoms with Gasteiger partial charge in [0.25, 0.3) is 0 Å². The topological polar surface area (TPSA) is 52.8 Å². The first-order valence-electron chi connectivity index (χ1n) is 3.39. The fraction of sp³-hybridized carbons (Fsp3) is 0. The average Bonchev–Trinajstić information content (AvgIpc) is 2.08. The van der Waals surface area contributed by atoms with Gasteiger partial charge in [0.1, 0.15) is 0 Å². The molecule has 0 atom stereocenters. The molecule has 0 amide bonds. The number of hydrogen-bond acceptors (Lipinski definition) is 4. The second-order valence-electron chi connectivity index (χ2n) is 2.26. The van der Waals surface area contributed by atoms with Crippen LogP contribution in [-0.4, -0.2) is 22.3 Å². The molecule has 1 aromatic rings. The first-order chi connectivity index (χ1) is 6.16. The summed E-state index contributed by atoms with van der Waals surface area (Å²) in [5.74, 6) is 0. The van der Waals surface area contributed by atoms with Gasteiger partial charge in [-0.25, -0.2) is 0 Å². The number of nitrogens with zero attached hydrogens (tertiary/aromatic N) is 1. The van der Waals surface area contributed by atoms with E-state index in [1.54, 1.807) is 12.1 Å². The molecule has 0 bridgehead atoms. The van der Waals surface area contributed by atoms with Crippen LogP contribution in [0.4, 0.5) is 5.69 Å². The van der Waals surface area contributed by atoms with Crippen molar-refractivity contribution in [3.05, 3.63) is 23.2 Å². The summed E-state index contributed by atoms with van der Waals surface area (Å²) in [7, 11) is -1.60. The Bertz CT molecular complexity index is 366. The zero-order valence-electron chi connectivity index (χ0n) is 6.44. The predicted molar refractivity (Wildman–Crippen MR) is 56.0 cm³/mol. The van der Waals surface area contributed by atoms with Gasteiger partial charge in [0.15, 0.2) is 0 Å². The lowest BCUT2D eigenvalue weighted by atomic mass is 9.80. The van der Waals surface area contributed by atoms with Crippen molar-refractivity contribution in [2.45, 2.75) is 0 Å². The van der Waals surface area contributed by atoms with Crippen molar-refractivity contribution < 1.29 is 10.0 Å². The molecule has 0 unspecified atom stereocenters. The lowest BCUT2D eigenvalue weighted by Gasteiger charge is -2.03. The van der Waals surface area contributed by atoms with Crippen LogP contribution in [0.3, 0.4) is 0 Å². The SMILES string of the molecule is OB(O)c1cccc(N=C=S)c1Cl. The van der Waals surface area contributed by atoms with Crippen LogP contribution < -0.4 is 5.46 Å². The van der Waals surface area contributed by atoms with Crippen molar-refractivity contribution >= 4 is 47.2 Å². The Balaban J connectivity index is 3.25. The van der Waals surface area contributed by atoms with E-state index in [-0.39, 0.29) is 10.5 Å². The van der Waals surface area contributed by atoms with Gasteiger partial charge in [-0.3, -0.25) is 0 Å². The monoisotopic (exact) mass is 213 g/mol. The molecule has 0 spiro atoms. The minimum absolute atomic E-state index is 0.176. The maximum absolute atomic E-state index is 8.88. The van der Waals surface area contributed by atoms with E-state index in [1.165, 1.54) is 6.07 Å². The van der Waals surface area contributed by atoms with Crippen LogP contribution >= 0.6 is 23.8 Å². The molecule has 0 radical (unpaired) electrons. The van der Waals surface area contributed by atoms with Gasteiger partial charge in [-0.05, 0) is 18.3 Å². The van der Waals surface area contributed by atoms with Crippen LogP contribution in [0.1, 0.15) is 0 Å². The third kappa shape index (κ3) is 2.37. The molecule has 0 aliphatic carbocycles. The number of thiocarbonyl (C=S) groups is 1. The standard InChI is InChI=1S/C7H5BClNO2S/c9-7-5(8(11)12)2-1-3-6(7)10-4-13/h1-3,11-12H. The lowest BCUT2D eigenvalue weighted by Crippen LogP contribution is -2.30. The highest BCUT2D eigenvalue weighted by Crippen LogP contribution is 2.21. The highest BCUT2D eigenvalue weighted by atomic mass is 35.5. The van der Waals surface area contributed by atoms with Gasteiger partial charge in [0.2, 0.25) is 0 Å². The number of benzene rings is 1. The van der Waals surface area contributed by atoms with Crippen molar-refractivity contribution in [1.82, 2.24) is 0 Å². The Hall–Kier alpha value is -0.705. The van der Waals surface area contributed by atoms with Crippen molar-refractivity contribution in [3.63, 3.8) is 0 Å². The van der Waals surface area contributed by atoms with Crippen molar-refractivity contribution in [1.29, 1.82) is 0 Å². The normalized spacial score (nSPS) is 9.15. The van der Waals surface area contributed by atoms with Crippen LogP contribution in [-0.2, 0) is 0 Å². The third-order valence-electron chi connectivity index (χ3n) is 1.45. The van der Waals surface area contributed by atoms with Gasteiger partial charge in [-0.15, -0.1) is 0 Å². The first-order valence-corrected chi connectivity index (χ1v) is 4.18.